The molecule has 0 bridgehead atoms. The molecule has 0 aliphatic rings. The summed E-state index contributed by atoms with van der Waals surface area (Å²) in [6, 6.07) is 6.70. The minimum atomic E-state index is -0.366. The minimum absolute atomic E-state index is 0.144. The van der Waals surface area contributed by atoms with Crippen LogP contribution in [0.3, 0.4) is 0 Å². The molecule has 0 aliphatic carbocycles. The van der Waals surface area contributed by atoms with Crippen LogP contribution < -0.4 is 10.6 Å². The third-order valence-corrected chi connectivity index (χ3v) is 6.43. The Morgan fingerprint density at radius 2 is 2.00 bits per heavy atom. The SMILES string of the molecule is Cc1csc(NC(=O)[C@@H](C)Sc2nnc(CCNC(=O)c3ccc(Cl)cc3)n2C)n1. The lowest BCUT2D eigenvalue weighted by molar-refractivity contribution is -0.115. The lowest BCUT2D eigenvalue weighted by atomic mass is 10.2. The fourth-order valence-corrected chi connectivity index (χ4v) is 4.14. The van der Waals surface area contributed by atoms with E-state index in [1.807, 2.05) is 23.9 Å². The number of thioether (sulfide) groups is 1. The second-order valence-electron chi connectivity index (χ2n) is 6.51. The Morgan fingerprint density at radius 1 is 1.27 bits per heavy atom. The zero-order chi connectivity index (χ0) is 21.7. The first-order chi connectivity index (χ1) is 14.3. The summed E-state index contributed by atoms with van der Waals surface area (Å²) < 4.78 is 1.83. The quantitative estimate of drug-likeness (QED) is 0.496. The van der Waals surface area contributed by atoms with E-state index in [0.717, 1.165) is 11.5 Å². The minimum Gasteiger partial charge on any atom is -0.352 e. The van der Waals surface area contributed by atoms with Crippen molar-refractivity contribution in [3.63, 3.8) is 0 Å². The molecule has 2 aromatic heterocycles. The van der Waals surface area contributed by atoms with Crippen LogP contribution in [0.4, 0.5) is 5.13 Å². The normalized spacial score (nSPS) is 11.9. The van der Waals surface area contributed by atoms with Crippen molar-refractivity contribution >= 4 is 51.6 Å². The third kappa shape index (κ3) is 5.80. The number of halogens is 1. The highest BCUT2D eigenvalue weighted by atomic mass is 35.5. The Labute approximate surface area is 187 Å². The van der Waals surface area contributed by atoms with Crippen LogP contribution in [-0.4, -0.2) is 43.4 Å². The van der Waals surface area contributed by atoms with E-state index in [1.54, 1.807) is 31.2 Å². The number of nitrogens with zero attached hydrogens (tertiary/aromatic N) is 4. The van der Waals surface area contributed by atoms with Crippen molar-refractivity contribution < 1.29 is 9.59 Å². The molecule has 30 heavy (non-hydrogen) atoms. The van der Waals surface area contributed by atoms with Crippen molar-refractivity contribution in [2.24, 2.45) is 7.05 Å². The number of benzene rings is 1. The van der Waals surface area contributed by atoms with Crippen LogP contribution in [0.25, 0.3) is 0 Å². The maximum absolute atomic E-state index is 12.4. The average molecular weight is 465 g/mol. The molecule has 0 unspecified atom stereocenters. The molecule has 3 rings (SSSR count). The van der Waals surface area contributed by atoms with E-state index in [9.17, 15) is 9.59 Å². The summed E-state index contributed by atoms with van der Waals surface area (Å²) in [4.78, 5) is 28.8. The first kappa shape index (κ1) is 22.3. The third-order valence-electron chi connectivity index (χ3n) is 4.17. The summed E-state index contributed by atoms with van der Waals surface area (Å²) in [7, 11) is 1.84. The van der Waals surface area contributed by atoms with Gasteiger partial charge in [-0.25, -0.2) is 4.98 Å². The smallest absolute Gasteiger partial charge is 0.251 e. The van der Waals surface area contributed by atoms with Crippen LogP contribution in [0.5, 0.6) is 0 Å². The Morgan fingerprint density at radius 3 is 2.67 bits per heavy atom. The number of hydrogen-bond donors (Lipinski definition) is 2. The summed E-state index contributed by atoms with van der Waals surface area (Å²) in [6.07, 6.45) is 0.516. The number of hydrogen-bond acceptors (Lipinski definition) is 7. The number of carbonyl (C=O) groups is 2. The van der Waals surface area contributed by atoms with Gasteiger partial charge in [0.25, 0.3) is 5.91 Å². The maximum atomic E-state index is 12.4. The molecule has 2 amide bonds. The van der Waals surface area contributed by atoms with Gasteiger partial charge in [-0.2, -0.15) is 0 Å². The second-order valence-corrected chi connectivity index (χ2v) is 9.12. The summed E-state index contributed by atoms with van der Waals surface area (Å²) in [5.74, 6) is 0.400. The van der Waals surface area contributed by atoms with Gasteiger partial charge in [0.15, 0.2) is 10.3 Å². The molecule has 11 heteroatoms. The van der Waals surface area contributed by atoms with Crippen LogP contribution in [0.15, 0.2) is 34.8 Å². The van der Waals surface area contributed by atoms with Gasteiger partial charge in [-0.05, 0) is 38.1 Å². The first-order valence-corrected chi connectivity index (χ1v) is 11.3. The molecule has 0 aliphatic heterocycles. The molecule has 0 radical (unpaired) electrons. The zero-order valence-corrected chi connectivity index (χ0v) is 19.1. The number of nitrogens with one attached hydrogen (secondary N) is 2. The van der Waals surface area contributed by atoms with Crippen LogP contribution in [0, 0.1) is 6.92 Å². The van der Waals surface area contributed by atoms with Crippen molar-refractivity contribution in [1.82, 2.24) is 25.1 Å². The molecule has 1 atom stereocenters. The van der Waals surface area contributed by atoms with Crippen molar-refractivity contribution in [1.29, 1.82) is 0 Å². The van der Waals surface area contributed by atoms with E-state index >= 15 is 0 Å². The predicted octanol–water partition coefficient (Wildman–Crippen LogP) is 3.33. The van der Waals surface area contributed by atoms with Gasteiger partial charge in [0.2, 0.25) is 5.91 Å². The molecular formula is C19H21ClN6O2S2. The fourth-order valence-electron chi connectivity index (χ4n) is 2.49. The average Bonchev–Trinajstić information content (AvgIpc) is 3.28. The second kappa shape index (κ2) is 10.1. The number of aromatic nitrogens is 4. The summed E-state index contributed by atoms with van der Waals surface area (Å²) in [5.41, 5.74) is 1.42. The Bertz CT molecular complexity index is 1030. The maximum Gasteiger partial charge on any atom is 0.251 e. The lowest BCUT2D eigenvalue weighted by Crippen LogP contribution is -2.26. The Hall–Kier alpha value is -2.43. The number of rotatable bonds is 8. The van der Waals surface area contributed by atoms with E-state index < -0.39 is 0 Å². The fraction of sp³-hybridized carbons (Fsp3) is 0.316. The van der Waals surface area contributed by atoms with Crippen LogP contribution in [0.2, 0.25) is 5.02 Å². The van der Waals surface area contributed by atoms with Gasteiger partial charge in [-0.3, -0.25) is 9.59 Å². The summed E-state index contributed by atoms with van der Waals surface area (Å²) >= 11 is 8.55. The highest BCUT2D eigenvalue weighted by Gasteiger charge is 2.20. The van der Waals surface area contributed by atoms with Gasteiger partial charge in [-0.1, -0.05) is 23.4 Å². The van der Waals surface area contributed by atoms with E-state index in [4.69, 9.17) is 11.6 Å². The molecular weight excluding hydrogens is 444 g/mol. The van der Waals surface area contributed by atoms with Crippen LogP contribution in [0.1, 0.15) is 28.8 Å². The highest BCUT2D eigenvalue weighted by molar-refractivity contribution is 8.00. The molecule has 2 heterocycles. The molecule has 0 fully saturated rings. The lowest BCUT2D eigenvalue weighted by Gasteiger charge is -2.10. The summed E-state index contributed by atoms with van der Waals surface area (Å²) in [5, 5.41) is 17.3. The van der Waals surface area contributed by atoms with Crippen molar-refractivity contribution in [2.75, 3.05) is 11.9 Å². The van der Waals surface area contributed by atoms with E-state index in [2.05, 4.69) is 25.8 Å². The van der Waals surface area contributed by atoms with E-state index in [0.29, 0.717) is 33.8 Å². The molecule has 8 nitrogen and oxygen atoms in total. The van der Waals surface area contributed by atoms with Gasteiger partial charge in [0.05, 0.1) is 10.9 Å². The number of carbonyl (C=O) groups excluding carboxylic acids is 2. The number of amides is 2. The molecule has 2 N–H and O–H groups in total. The number of anilines is 1. The number of aryl methyl sites for hydroxylation is 1. The van der Waals surface area contributed by atoms with E-state index in [1.165, 1.54) is 23.1 Å². The van der Waals surface area contributed by atoms with Crippen LogP contribution in [-0.2, 0) is 18.3 Å². The number of thiazole rings is 1. The largest absolute Gasteiger partial charge is 0.352 e. The van der Waals surface area contributed by atoms with Crippen LogP contribution >= 0.6 is 34.7 Å². The Balaban J connectivity index is 1.50. The zero-order valence-electron chi connectivity index (χ0n) is 16.7. The molecule has 0 spiro atoms. The monoisotopic (exact) mass is 464 g/mol. The molecule has 0 saturated heterocycles. The van der Waals surface area contributed by atoms with E-state index in [-0.39, 0.29) is 17.1 Å². The van der Waals surface area contributed by atoms with Crippen molar-refractivity contribution in [3.8, 4) is 0 Å². The van der Waals surface area contributed by atoms with Gasteiger partial charge < -0.3 is 15.2 Å². The Kier molecular flexibility index (Phi) is 7.46. The molecule has 1 aromatic carbocycles. The molecule has 0 saturated carbocycles. The van der Waals surface area contributed by atoms with Gasteiger partial charge >= 0.3 is 0 Å². The van der Waals surface area contributed by atoms with Crippen molar-refractivity contribution in [3.05, 3.63) is 51.7 Å². The van der Waals surface area contributed by atoms with Gasteiger partial charge in [0.1, 0.15) is 5.82 Å². The molecule has 158 valence electrons. The topological polar surface area (TPSA) is 102 Å². The highest BCUT2D eigenvalue weighted by Crippen LogP contribution is 2.23. The first-order valence-electron chi connectivity index (χ1n) is 9.15. The predicted molar refractivity (Wildman–Crippen MR) is 119 cm³/mol. The molecule has 3 aromatic rings. The van der Waals surface area contributed by atoms with Crippen molar-refractivity contribution in [2.45, 2.75) is 30.7 Å². The summed E-state index contributed by atoms with van der Waals surface area (Å²) in [6.45, 7) is 4.10. The van der Waals surface area contributed by atoms with Gasteiger partial charge in [-0.15, -0.1) is 21.5 Å². The standard InChI is InChI=1S/C19H21ClN6O2S2/c1-11-10-29-18(22-11)23-16(27)12(2)30-19-25-24-15(26(19)3)8-9-21-17(28)13-4-6-14(20)7-5-13/h4-7,10,12H,8-9H2,1-3H3,(H,21,28)(H,22,23,27)/t12-/m1/s1. The van der Waals surface area contributed by atoms with Gasteiger partial charge in [0, 0.05) is 36.0 Å².